The van der Waals surface area contributed by atoms with Crippen LogP contribution in [0.5, 0.6) is 0 Å². The van der Waals surface area contributed by atoms with Gasteiger partial charge in [0.2, 0.25) is 5.95 Å². The highest BCUT2D eigenvalue weighted by atomic mass is 79.9. The monoisotopic (exact) mass is 464 g/mol. The molecule has 4 N–H and O–H groups in total. The van der Waals surface area contributed by atoms with Crippen LogP contribution in [0.4, 0.5) is 15.1 Å². The van der Waals surface area contributed by atoms with Crippen molar-refractivity contribution in [2.45, 2.75) is 25.5 Å². The van der Waals surface area contributed by atoms with Crippen LogP contribution in [0.25, 0.3) is 0 Å². The normalized spacial score (nSPS) is 21.9. The van der Waals surface area contributed by atoms with Crippen LogP contribution in [-0.2, 0) is 16.0 Å². The lowest BCUT2D eigenvalue weighted by Gasteiger charge is -2.29. The molecule has 0 spiro atoms. The summed E-state index contributed by atoms with van der Waals surface area (Å²) in [6.07, 6.45) is -0.384. The number of oxime groups is 1. The molecule has 1 aromatic carbocycles. The number of hydrogen-bond acceptors (Lipinski definition) is 7. The Balaban J connectivity index is 1.63. The number of carbonyl (C=O) groups is 1. The fourth-order valence-corrected chi connectivity index (χ4v) is 3.97. The van der Waals surface area contributed by atoms with E-state index < -0.39 is 12.2 Å². The zero-order valence-corrected chi connectivity index (χ0v) is 17.0. The fourth-order valence-electron chi connectivity index (χ4n) is 3.35. The van der Waals surface area contributed by atoms with Gasteiger partial charge in [0.25, 0.3) is 0 Å². The number of aromatic nitrogens is 2. The van der Waals surface area contributed by atoms with Gasteiger partial charge in [-0.2, -0.15) is 0 Å². The largest absolute Gasteiger partial charge is 0.441 e. The Morgan fingerprint density at radius 1 is 1.45 bits per heavy atom. The van der Waals surface area contributed by atoms with E-state index in [1.807, 2.05) is 6.92 Å². The number of amidine groups is 1. The van der Waals surface area contributed by atoms with Gasteiger partial charge in [0.15, 0.2) is 18.5 Å². The smallest absolute Gasteiger partial charge is 0.407 e. The van der Waals surface area contributed by atoms with Crippen LogP contribution in [0.2, 0.25) is 0 Å². The number of nitrogens with two attached hydrogens (primary N) is 1. The van der Waals surface area contributed by atoms with Crippen LogP contribution in [0, 0.1) is 12.7 Å². The molecule has 9 nitrogen and oxygen atoms in total. The van der Waals surface area contributed by atoms with Crippen molar-refractivity contribution in [2.24, 2.45) is 5.16 Å². The summed E-state index contributed by atoms with van der Waals surface area (Å²) in [5.74, 6) is 0.266. The van der Waals surface area contributed by atoms with Crippen LogP contribution in [0.15, 0.2) is 27.8 Å². The summed E-state index contributed by atoms with van der Waals surface area (Å²) in [6, 6.07) is 4.26. The zero-order chi connectivity index (χ0) is 20.5. The van der Waals surface area contributed by atoms with Gasteiger partial charge >= 0.3 is 6.09 Å². The van der Waals surface area contributed by atoms with Crippen LogP contribution >= 0.6 is 15.9 Å². The number of aryl methyl sites for hydroxylation is 1. The number of halogens is 2. The number of benzene rings is 1. The van der Waals surface area contributed by atoms with Crippen LogP contribution in [0.1, 0.15) is 28.6 Å². The summed E-state index contributed by atoms with van der Waals surface area (Å²) in [5.41, 5.74) is 8.75. The number of alkyl carbamates (subject to hydrolysis) is 1. The number of cyclic esters (lactones) is 1. The lowest BCUT2D eigenvalue weighted by molar-refractivity contribution is 0.0488. The summed E-state index contributed by atoms with van der Waals surface area (Å²) in [5, 5.41) is 10.1. The predicted molar refractivity (Wildman–Crippen MR) is 106 cm³/mol. The highest BCUT2D eigenvalue weighted by Gasteiger charge is 2.30. The number of carbonyl (C=O) groups excluding carboxylic acids is 1. The van der Waals surface area contributed by atoms with E-state index in [2.05, 4.69) is 41.7 Å². The quantitative estimate of drug-likeness (QED) is 0.590. The van der Waals surface area contributed by atoms with Crippen molar-refractivity contribution in [3.8, 4) is 0 Å². The van der Waals surface area contributed by atoms with Gasteiger partial charge in [-0.1, -0.05) is 27.2 Å². The standard InChI is InChI=1S/C18H18BrFN6O3/c1-8-15-14(25-17(21)23-8)5-13(11-3-2-9(20)4-12(11)19)24-16(15)26-28-7-10-6-22-18(27)29-10/h2-4,10,13H,5-7H2,1H3,(H,22,27)(H,24,26)(H2,21,23,25)/t10-,13+/m0/s1. The van der Waals surface area contributed by atoms with Crippen molar-refractivity contribution in [3.63, 3.8) is 0 Å². The number of ether oxygens (including phenoxy) is 1. The Morgan fingerprint density at radius 3 is 3.00 bits per heavy atom. The number of amides is 1. The van der Waals surface area contributed by atoms with Crippen molar-refractivity contribution < 1.29 is 18.8 Å². The Hall–Kier alpha value is -2.95. The van der Waals surface area contributed by atoms with Gasteiger partial charge in [-0.3, -0.25) is 0 Å². The average molecular weight is 465 g/mol. The maximum Gasteiger partial charge on any atom is 0.407 e. The predicted octanol–water partition coefficient (Wildman–Crippen LogP) is 1.94. The maximum atomic E-state index is 13.5. The fraction of sp³-hybridized carbons (Fsp3) is 0.333. The minimum Gasteiger partial charge on any atom is -0.441 e. The second-order valence-corrected chi connectivity index (χ2v) is 7.55. The number of nitrogens with zero attached hydrogens (tertiary/aromatic N) is 3. The maximum absolute atomic E-state index is 13.5. The number of fused-ring (bicyclic) bond motifs is 1. The topological polar surface area (TPSA) is 124 Å². The van der Waals surface area contributed by atoms with Gasteiger partial charge in [-0.25, -0.2) is 19.2 Å². The summed E-state index contributed by atoms with van der Waals surface area (Å²) >= 11 is 3.41. The Bertz CT molecular complexity index is 1000. The van der Waals surface area contributed by atoms with E-state index in [-0.39, 0.29) is 24.4 Å². The lowest BCUT2D eigenvalue weighted by Crippen LogP contribution is -2.38. The molecule has 0 saturated carbocycles. The number of nitrogens with one attached hydrogen (secondary N) is 2. The molecule has 1 saturated heterocycles. The minimum absolute atomic E-state index is 0.0963. The first kappa shape index (κ1) is 19.4. The molecule has 1 aromatic heterocycles. The van der Waals surface area contributed by atoms with Crippen LogP contribution < -0.4 is 16.4 Å². The minimum atomic E-state index is -0.478. The molecular weight excluding hydrogens is 447 g/mol. The molecule has 152 valence electrons. The van der Waals surface area contributed by atoms with E-state index >= 15 is 0 Å². The van der Waals surface area contributed by atoms with E-state index in [1.165, 1.54) is 12.1 Å². The molecule has 1 fully saturated rings. The number of anilines is 1. The molecule has 2 atom stereocenters. The second-order valence-electron chi connectivity index (χ2n) is 6.70. The number of hydrogen-bond donors (Lipinski definition) is 3. The first-order chi connectivity index (χ1) is 13.9. The van der Waals surface area contributed by atoms with Gasteiger partial charge in [0.05, 0.1) is 29.5 Å². The molecule has 2 aliphatic heterocycles. The third kappa shape index (κ3) is 4.09. The Labute approximate surface area is 174 Å². The summed E-state index contributed by atoms with van der Waals surface area (Å²) in [4.78, 5) is 25.1. The number of rotatable bonds is 4. The molecule has 4 rings (SSSR count). The van der Waals surface area contributed by atoms with Crippen molar-refractivity contribution in [3.05, 3.63) is 51.0 Å². The first-order valence-electron chi connectivity index (χ1n) is 8.90. The highest BCUT2D eigenvalue weighted by Crippen LogP contribution is 2.31. The van der Waals surface area contributed by atoms with Crippen LogP contribution in [-0.4, -0.2) is 41.2 Å². The molecule has 29 heavy (non-hydrogen) atoms. The summed E-state index contributed by atoms with van der Waals surface area (Å²) in [7, 11) is 0. The zero-order valence-electron chi connectivity index (χ0n) is 15.4. The van der Waals surface area contributed by atoms with Crippen molar-refractivity contribution in [2.75, 3.05) is 18.9 Å². The molecule has 1 amide bonds. The molecule has 0 bridgehead atoms. The number of nitrogen functional groups attached to an aromatic ring is 1. The van der Waals surface area contributed by atoms with Crippen LogP contribution in [0.3, 0.4) is 0 Å². The van der Waals surface area contributed by atoms with Crippen molar-refractivity contribution in [1.82, 2.24) is 20.6 Å². The third-order valence-electron chi connectivity index (χ3n) is 4.63. The van der Waals surface area contributed by atoms with Gasteiger partial charge in [-0.05, 0) is 24.6 Å². The molecule has 2 aliphatic rings. The first-order valence-corrected chi connectivity index (χ1v) is 9.69. The molecule has 11 heteroatoms. The summed E-state index contributed by atoms with van der Waals surface area (Å²) < 4.78 is 19.2. The third-order valence-corrected chi connectivity index (χ3v) is 5.32. The highest BCUT2D eigenvalue weighted by molar-refractivity contribution is 9.10. The average Bonchev–Trinajstić information content (AvgIpc) is 3.06. The van der Waals surface area contributed by atoms with Gasteiger partial charge in [-0.15, -0.1) is 0 Å². The van der Waals surface area contributed by atoms with E-state index in [0.717, 1.165) is 5.56 Å². The van der Waals surface area contributed by atoms with Gasteiger partial charge < -0.3 is 25.9 Å². The molecule has 0 aliphatic carbocycles. The second kappa shape index (κ2) is 7.82. The van der Waals surface area contributed by atoms with E-state index in [0.29, 0.717) is 40.2 Å². The Morgan fingerprint density at radius 2 is 2.28 bits per heavy atom. The van der Waals surface area contributed by atoms with E-state index in [4.69, 9.17) is 15.3 Å². The van der Waals surface area contributed by atoms with Crippen molar-refractivity contribution >= 4 is 33.8 Å². The van der Waals surface area contributed by atoms with Gasteiger partial charge in [0, 0.05) is 10.9 Å². The molecule has 0 radical (unpaired) electrons. The molecule has 3 heterocycles. The van der Waals surface area contributed by atoms with Crippen molar-refractivity contribution in [1.29, 1.82) is 0 Å². The van der Waals surface area contributed by atoms with Gasteiger partial charge in [0.1, 0.15) is 5.82 Å². The van der Waals surface area contributed by atoms with E-state index in [9.17, 15) is 9.18 Å². The van der Waals surface area contributed by atoms with E-state index in [1.54, 1.807) is 6.07 Å². The summed E-state index contributed by atoms with van der Waals surface area (Å²) in [6.45, 7) is 2.27. The molecule has 2 aromatic rings. The molecule has 0 unspecified atom stereocenters. The lowest BCUT2D eigenvalue weighted by atomic mass is 9.94. The Kier molecular flexibility index (Phi) is 5.22. The SMILES string of the molecule is Cc1nc(N)nc2c1/C(=N/OC[C@@H]1CNC(=O)O1)N[C@@H](c1ccc(F)cc1Br)C2. The molecular formula is C18H18BrFN6O3.